The van der Waals surface area contributed by atoms with E-state index in [0.717, 1.165) is 52.0 Å². The summed E-state index contributed by atoms with van der Waals surface area (Å²) in [5.74, 6) is 3.17. The van der Waals surface area contributed by atoms with Crippen molar-refractivity contribution in [3.8, 4) is 24.0 Å². The Kier molecular flexibility index (Phi) is 6.17. The van der Waals surface area contributed by atoms with Crippen molar-refractivity contribution in [2.45, 2.75) is 50.0 Å². The van der Waals surface area contributed by atoms with E-state index in [4.69, 9.17) is 25.9 Å². The van der Waals surface area contributed by atoms with Crippen LogP contribution in [0.1, 0.15) is 30.4 Å². The van der Waals surface area contributed by atoms with Crippen LogP contribution in [0.25, 0.3) is 21.9 Å². The zero-order chi connectivity index (χ0) is 28.4. The van der Waals surface area contributed by atoms with Crippen molar-refractivity contribution in [1.82, 2.24) is 29.7 Å². The number of likely N-dealkylation sites (tertiary alicyclic amines) is 1. The first-order valence-corrected chi connectivity index (χ1v) is 14.7. The van der Waals surface area contributed by atoms with E-state index in [1.165, 1.54) is 6.07 Å². The molecule has 0 spiro atoms. The number of nitrogens with one attached hydrogen (secondary N) is 1. The lowest BCUT2D eigenvalue weighted by molar-refractivity contribution is 0.0256. The minimum absolute atomic E-state index is 0.0770. The summed E-state index contributed by atoms with van der Waals surface area (Å²) in [5.41, 5.74) is 2.02. The number of morpholine rings is 1. The van der Waals surface area contributed by atoms with Crippen LogP contribution >= 0.6 is 0 Å². The Morgan fingerprint density at radius 2 is 2.02 bits per heavy atom. The Hall–Kier alpha value is -3.98. The number of anilines is 1. The molecule has 0 saturated carbocycles. The second kappa shape index (κ2) is 10.1. The monoisotopic (exact) mass is 569 g/mol. The zero-order valence-corrected chi connectivity index (χ0v) is 23.2. The van der Waals surface area contributed by atoms with Crippen LogP contribution in [0, 0.1) is 18.2 Å². The van der Waals surface area contributed by atoms with Crippen molar-refractivity contribution in [2.75, 3.05) is 44.3 Å². The lowest BCUT2D eigenvalue weighted by Crippen LogP contribution is -2.51. The molecule has 6 heterocycles. The number of halogens is 1. The van der Waals surface area contributed by atoms with Gasteiger partial charge in [-0.15, -0.1) is 6.42 Å². The van der Waals surface area contributed by atoms with Gasteiger partial charge in [0, 0.05) is 49.7 Å². The van der Waals surface area contributed by atoms with E-state index in [1.807, 2.05) is 4.57 Å². The summed E-state index contributed by atoms with van der Waals surface area (Å²) in [7, 11) is 0. The number of terminal acetylenes is 1. The van der Waals surface area contributed by atoms with Gasteiger partial charge in [0.25, 0.3) is 0 Å². The van der Waals surface area contributed by atoms with E-state index in [-0.39, 0.29) is 17.9 Å². The van der Waals surface area contributed by atoms with Crippen LogP contribution in [0.2, 0.25) is 0 Å². The number of aromatic nitrogens is 4. The van der Waals surface area contributed by atoms with Crippen molar-refractivity contribution < 1.29 is 19.0 Å². The predicted molar refractivity (Wildman–Crippen MR) is 155 cm³/mol. The first-order chi connectivity index (χ1) is 20.5. The fraction of sp³-hybridized carbons (Fsp3) is 0.452. The van der Waals surface area contributed by atoms with Crippen LogP contribution in [-0.4, -0.2) is 93.1 Å². The number of hydrogen-bond acceptors (Lipinski definition) is 9. The first kappa shape index (κ1) is 25.7. The average molecular weight is 570 g/mol. The Morgan fingerprint density at radius 1 is 1.17 bits per heavy atom. The van der Waals surface area contributed by atoms with Crippen LogP contribution in [0.5, 0.6) is 11.6 Å². The highest BCUT2D eigenvalue weighted by molar-refractivity contribution is 5.92. The maximum absolute atomic E-state index is 14.7. The van der Waals surface area contributed by atoms with Gasteiger partial charge in [0.15, 0.2) is 11.2 Å². The molecular formula is C31H32FN7O3. The highest BCUT2D eigenvalue weighted by atomic mass is 19.1. The summed E-state index contributed by atoms with van der Waals surface area (Å²) in [4.78, 5) is 19.2. The Bertz CT molecular complexity index is 1720. The summed E-state index contributed by atoms with van der Waals surface area (Å²) >= 11 is 0. The SMILES string of the molecule is C#Cc1c(F)ccc2cc(O)cc(Cn3cnc4c(OCCN5CC6CC5CO6)nc(N5C[C@H]6CC[C@@H](C5)N6)nc43)c12. The first-order valence-electron chi connectivity index (χ1n) is 14.7. The smallest absolute Gasteiger partial charge is 0.247 e. The van der Waals surface area contributed by atoms with Gasteiger partial charge in [-0.3, -0.25) is 4.90 Å². The van der Waals surface area contributed by atoms with E-state index in [0.29, 0.717) is 70.2 Å². The number of nitrogens with zero attached hydrogens (tertiary/aromatic N) is 6. The third-order valence-corrected chi connectivity index (χ3v) is 9.17. The van der Waals surface area contributed by atoms with E-state index in [2.05, 4.69) is 26.0 Å². The molecule has 11 heteroatoms. The quantitative estimate of drug-likeness (QED) is 0.326. The Balaban J connectivity index is 1.16. The Labute approximate surface area is 242 Å². The fourth-order valence-electron chi connectivity index (χ4n) is 7.20. The average Bonchev–Trinajstić information content (AvgIpc) is 3.78. The molecule has 0 aliphatic carbocycles. The highest BCUT2D eigenvalue weighted by Crippen LogP contribution is 2.33. The number of rotatable bonds is 7. The number of hydrogen-bond donors (Lipinski definition) is 2. The van der Waals surface area contributed by atoms with Crippen molar-refractivity contribution in [1.29, 1.82) is 0 Å². The van der Waals surface area contributed by atoms with Gasteiger partial charge >= 0.3 is 0 Å². The zero-order valence-electron chi connectivity index (χ0n) is 23.2. The number of ether oxygens (including phenoxy) is 2. The van der Waals surface area contributed by atoms with Crippen LogP contribution in [0.15, 0.2) is 30.6 Å². The highest BCUT2D eigenvalue weighted by Gasteiger charge is 2.38. The lowest BCUT2D eigenvalue weighted by atomic mass is 9.98. The van der Waals surface area contributed by atoms with E-state index in [9.17, 15) is 9.50 Å². The number of phenolic OH excluding ortho intramolecular Hbond substituents is 1. The Morgan fingerprint density at radius 3 is 2.79 bits per heavy atom. The standard InChI is InChI=1S/C31H32FN7O3/c1-2-25-26(32)6-3-18-9-23(40)10-19(27(18)25)12-39-17-33-28-29(39)35-31(38-13-20-4-5-21(14-38)34-20)36-30(28)41-8-7-37-15-24-11-22(37)16-42-24/h1,3,6,9-10,17,20-22,24,34,40H,4-5,7-8,11-16H2/t20-,21+,22?,24?. The fourth-order valence-corrected chi connectivity index (χ4v) is 7.20. The molecule has 4 fully saturated rings. The van der Waals surface area contributed by atoms with Crippen LogP contribution in [0.4, 0.5) is 10.3 Å². The number of aromatic hydroxyl groups is 1. The molecule has 42 heavy (non-hydrogen) atoms. The third kappa shape index (κ3) is 4.42. The van der Waals surface area contributed by atoms with Gasteiger partial charge < -0.3 is 29.4 Å². The summed E-state index contributed by atoms with van der Waals surface area (Å²) in [6, 6.07) is 7.47. The maximum atomic E-state index is 14.7. The molecule has 0 amide bonds. The summed E-state index contributed by atoms with van der Waals surface area (Å²) in [5, 5.41) is 15.4. The number of fused-ring (bicyclic) bond motifs is 6. The number of piperazine rings is 1. The molecule has 4 saturated heterocycles. The van der Waals surface area contributed by atoms with Gasteiger partial charge in [0.05, 0.1) is 31.1 Å². The molecule has 216 valence electrons. The van der Waals surface area contributed by atoms with Crippen molar-refractivity contribution >= 4 is 27.9 Å². The summed E-state index contributed by atoms with van der Waals surface area (Å²) in [6.07, 6.45) is 11.1. The van der Waals surface area contributed by atoms with Crippen molar-refractivity contribution in [2.24, 2.45) is 0 Å². The maximum Gasteiger partial charge on any atom is 0.247 e. The number of imidazole rings is 1. The van der Waals surface area contributed by atoms with Crippen molar-refractivity contribution in [3.05, 3.63) is 47.5 Å². The minimum atomic E-state index is -0.473. The van der Waals surface area contributed by atoms with E-state index in [1.54, 1.807) is 24.5 Å². The number of phenols is 1. The van der Waals surface area contributed by atoms with Gasteiger partial charge in [-0.25, -0.2) is 9.37 Å². The van der Waals surface area contributed by atoms with Crippen LogP contribution in [-0.2, 0) is 11.3 Å². The summed E-state index contributed by atoms with van der Waals surface area (Å²) < 4.78 is 28.7. The molecule has 8 rings (SSSR count). The largest absolute Gasteiger partial charge is 0.508 e. The van der Waals surface area contributed by atoms with Crippen molar-refractivity contribution in [3.63, 3.8) is 0 Å². The second-order valence-corrected chi connectivity index (χ2v) is 11.9. The molecule has 4 atom stereocenters. The third-order valence-electron chi connectivity index (χ3n) is 9.17. The molecule has 10 nitrogen and oxygen atoms in total. The minimum Gasteiger partial charge on any atom is -0.508 e. The van der Waals surface area contributed by atoms with Gasteiger partial charge in [-0.1, -0.05) is 12.0 Å². The molecule has 4 aliphatic heterocycles. The molecule has 0 radical (unpaired) electrons. The molecule has 4 bridgehead atoms. The van der Waals surface area contributed by atoms with Gasteiger partial charge in [-0.05, 0) is 48.4 Å². The number of benzene rings is 2. The lowest BCUT2D eigenvalue weighted by Gasteiger charge is -2.33. The molecule has 2 aromatic carbocycles. The molecule has 2 aromatic heterocycles. The van der Waals surface area contributed by atoms with Crippen LogP contribution < -0.4 is 15.0 Å². The normalized spacial score (nSPS) is 25.1. The molecule has 4 aromatic rings. The van der Waals surface area contributed by atoms with Gasteiger partial charge in [-0.2, -0.15) is 9.97 Å². The topological polar surface area (TPSA) is 101 Å². The van der Waals surface area contributed by atoms with E-state index < -0.39 is 5.82 Å². The predicted octanol–water partition coefficient (Wildman–Crippen LogP) is 2.65. The molecule has 4 aliphatic rings. The second-order valence-electron chi connectivity index (χ2n) is 11.9. The van der Waals surface area contributed by atoms with Crippen LogP contribution in [0.3, 0.4) is 0 Å². The molecule has 2 N–H and O–H groups in total. The van der Waals surface area contributed by atoms with Gasteiger partial charge in [0.2, 0.25) is 11.8 Å². The van der Waals surface area contributed by atoms with E-state index >= 15 is 0 Å². The molecule has 2 unspecified atom stereocenters. The van der Waals surface area contributed by atoms with Gasteiger partial charge in [0.1, 0.15) is 18.2 Å². The molecular weight excluding hydrogens is 537 g/mol. The summed E-state index contributed by atoms with van der Waals surface area (Å²) in [6.45, 7) is 4.93.